The highest BCUT2D eigenvalue weighted by molar-refractivity contribution is 5.82. The highest BCUT2D eigenvalue weighted by Crippen LogP contribution is 2.36. The second-order valence-corrected chi connectivity index (χ2v) is 8.16. The lowest BCUT2D eigenvalue weighted by Gasteiger charge is -2.33. The SMILES string of the molecule is CC1(C(=O)NCC2OCCc3cn(Cc4ccccc4)nc32)CCCCC1. The largest absolute Gasteiger partial charge is 0.370 e. The van der Waals surface area contributed by atoms with Crippen LogP contribution >= 0.6 is 0 Å². The van der Waals surface area contributed by atoms with Gasteiger partial charge in [-0.05, 0) is 30.4 Å². The molecule has 1 aliphatic carbocycles. The van der Waals surface area contributed by atoms with Crippen LogP contribution in [0.1, 0.15) is 62.0 Å². The van der Waals surface area contributed by atoms with Crippen LogP contribution in [0.3, 0.4) is 0 Å². The molecule has 0 spiro atoms. The van der Waals surface area contributed by atoms with Crippen molar-refractivity contribution < 1.29 is 9.53 Å². The first-order chi connectivity index (χ1) is 13.1. The van der Waals surface area contributed by atoms with Crippen molar-refractivity contribution in [1.29, 1.82) is 0 Å². The minimum absolute atomic E-state index is 0.151. The fourth-order valence-corrected chi connectivity index (χ4v) is 4.30. The van der Waals surface area contributed by atoms with Crippen molar-refractivity contribution in [1.82, 2.24) is 15.1 Å². The summed E-state index contributed by atoms with van der Waals surface area (Å²) in [5.74, 6) is 0.168. The lowest BCUT2D eigenvalue weighted by Crippen LogP contribution is -2.42. The number of carbonyl (C=O) groups excluding carboxylic acids is 1. The Bertz CT molecular complexity index is 778. The Kier molecular flexibility index (Phi) is 5.30. The molecule has 2 aliphatic rings. The first-order valence-corrected chi connectivity index (χ1v) is 10.1. The number of nitrogens with zero attached hydrogens (tertiary/aromatic N) is 2. The van der Waals surface area contributed by atoms with Gasteiger partial charge in [0.15, 0.2) is 0 Å². The van der Waals surface area contributed by atoms with Gasteiger partial charge in [-0.25, -0.2) is 0 Å². The lowest BCUT2D eigenvalue weighted by molar-refractivity contribution is -0.132. The molecule has 2 heterocycles. The van der Waals surface area contributed by atoms with E-state index in [-0.39, 0.29) is 17.4 Å². The van der Waals surface area contributed by atoms with Gasteiger partial charge in [0, 0.05) is 18.2 Å². The zero-order chi connectivity index (χ0) is 18.7. The summed E-state index contributed by atoms with van der Waals surface area (Å²) < 4.78 is 7.94. The van der Waals surface area contributed by atoms with E-state index in [2.05, 4.69) is 30.6 Å². The minimum Gasteiger partial charge on any atom is -0.370 e. The smallest absolute Gasteiger partial charge is 0.226 e. The number of amides is 1. The van der Waals surface area contributed by atoms with Crippen molar-refractivity contribution in [3.05, 3.63) is 53.3 Å². The van der Waals surface area contributed by atoms with Crippen molar-refractivity contribution in [2.24, 2.45) is 5.41 Å². The van der Waals surface area contributed by atoms with Gasteiger partial charge < -0.3 is 10.1 Å². The molecule has 0 bridgehead atoms. The van der Waals surface area contributed by atoms with Crippen LogP contribution in [0.25, 0.3) is 0 Å². The quantitative estimate of drug-likeness (QED) is 0.878. The summed E-state index contributed by atoms with van der Waals surface area (Å²) in [7, 11) is 0. The van der Waals surface area contributed by atoms with E-state index in [0.717, 1.165) is 44.3 Å². The van der Waals surface area contributed by atoms with Crippen LogP contribution in [0.5, 0.6) is 0 Å². The average molecular weight is 367 g/mol. The third-order valence-electron chi connectivity index (χ3n) is 6.01. The third kappa shape index (κ3) is 4.08. The number of carbonyl (C=O) groups is 1. The zero-order valence-corrected chi connectivity index (χ0v) is 16.1. The van der Waals surface area contributed by atoms with E-state index < -0.39 is 0 Å². The molecule has 4 rings (SSSR count). The molecule has 144 valence electrons. The van der Waals surface area contributed by atoms with Crippen molar-refractivity contribution in [3.8, 4) is 0 Å². The topological polar surface area (TPSA) is 56.1 Å². The fraction of sp³-hybridized carbons (Fsp3) is 0.545. The molecule has 1 N–H and O–H groups in total. The van der Waals surface area contributed by atoms with Gasteiger partial charge >= 0.3 is 0 Å². The Morgan fingerprint density at radius 3 is 2.81 bits per heavy atom. The predicted octanol–water partition coefficient (Wildman–Crippen LogP) is 3.63. The Labute approximate surface area is 161 Å². The van der Waals surface area contributed by atoms with Crippen molar-refractivity contribution in [3.63, 3.8) is 0 Å². The summed E-state index contributed by atoms with van der Waals surface area (Å²) >= 11 is 0. The first-order valence-electron chi connectivity index (χ1n) is 10.1. The van der Waals surface area contributed by atoms with Crippen molar-refractivity contribution in [2.75, 3.05) is 13.2 Å². The number of ether oxygens (including phenoxy) is 1. The van der Waals surface area contributed by atoms with E-state index in [1.54, 1.807) is 0 Å². The van der Waals surface area contributed by atoms with E-state index in [9.17, 15) is 4.79 Å². The number of hydrogen-bond acceptors (Lipinski definition) is 3. The summed E-state index contributed by atoms with van der Waals surface area (Å²) in [6, 6.07) is 10.3. The van der Waals surface area contributed by atoms with Gasteiger partial charge in [0.1, 0.15) is 6.10 Å². The summed E-state index contributed by atoms with van der Waals surface area (Å²) in [6.45, 7) is 4.04. The molecule has 5 nitrogen and oxygen atoms in total. The van der Waals surface area contributed by atoms with Crippen LogP contribution in [-0.2, 0) is 22.5 Å². The number of hydrogen-bond donors (Lipinski definition) is 1. The number of rotatable bonds is 5. The summed E-state index contributed by atoms with van der Waals surface area (Å²) in [5, 5.41) is 7.92. The number of benzene rings is 1. The maximum atomic E-state index is 12.7. The van der Waals surface area contributed by atoms with Crippen LogP contribution in [-0.4, -0.2) is 28.8 Å². The van der Waals surface area contributed by atoms with E-state index in [1.807, 2.05) is 22.9 Å². The molecule has 0 radical (unpaired) electrons. The highest BCUT2D eigenvalue weighted by Gasteiger charge is 2.35. The molecule has 1 aromatic heterocycles. The van der Waals surface area contributed by atoms with Crippen LogP contribution in [0, 0.1) is 5.41 Å². The molecule has 27 heavy (non-hydrogen) atoms. The normalized spacial score (nSPS) is 21.4. The van der Waals surface area contributed by atoms with Crippen molar-refractivity contribution in [2.45, 2.75) is 58.1 Å². The molecule has 0 saturated heterocycles. The van der Waals surface area contributed by atoms with Gasteiger partial charge in [0.25, 0.3) is 0 Å². The van der Waals surface area contributed by atoms with E-state index in [1.165, 1.54) is 17.5 Å². The molecule has 1 fully saturated rings. The molecule has 2 aromatic rings. The molecular formula is C22H29N3O2. The Balaban J connectivity index is 1.41. The third-order valence-corrected chi connectivity index (χ3v) is 6.01. The standard InChI is InChI=1S/C22H29N3O2/c1-22(11-6-3-7-12-22)21(26)23-14-19-20-18(10-13-27-19)16-25(24-20)15-17-8-4-2-5-9-17/h2,4-5,8-9,16,19H,3,6-7,10-15H2,1H3,(H,23,26). The highest BCUT2D eigenvalue weighted by atomic mass is 16.5. The summed E-state index contributed by atoms with van der Waals surface area (Å²) in [6.07, 6.45) is 8.38. The molecule has 1 amide bonds. The van der Waals surface area contributed by atoms with Gasteiger partial charge in [-0.2, -0.15) is 5.10 Å². The first kappa shape index (κ1) is 18.2. The molecule has 1 aromatic carbocycles. The van der Waals surface area contributed by atoms with Crippen LogP contribution in [0.4, 0.5) is 0 Å². The van der Waals surface area contributed by atoms with Gasteiger partial charge in [0.05, 0.1) is 18.8 Å². The van der Waals surface area contributed by atoms with Crippen molar-refractivity contribution >= 4 is 5.91 Å². The second-order valence-electron chi connectivity index (χ2n) is 8.16. The predicted molar refractivity (Wildman–Crippen MR) is 104 cm³/mol. The molecule has 1 unspecified atom stereocenters. The summed E-state index contributed by atoms with van der Waals surface area (Å²) in [5.41, 5.74) is 3.22. The second kappa shape index (κ2) is 7.85. The summed E-state index contributed by atoms with van der Waals surface area (Å²) in [4.78, 5) is 12.7. The van der Waals surface area contributed by atoms with Crippen LogP contribution in [0.2, 0.25) is 0 Å². The maximum absolute atomic E-state index is 12.7. The van der Waals surface area contributed by atoms with Gasteiger partial charge in [-0.1, -0.05) is 56.5 Å². The number of fused-ring (bicyclic) bond motifs is 1. The molecule has 1 aliphatic heterocycles. The Hall–Kier alpha value is -2.14. The molecule has 5 heteroatoms. The zero-order valence-electron chi connectivity index (χ0n) is 16.1. The minimum atomic E-state index is -0.220. The number of aromatic nitrogens is 2. The fourth-order valence-electron chi connectivity index (χ4n) is 4.30. The van der Waals surface area contributed by atoms with Crippen LogP contribution < -0.4 is 5.32 Å². The van der Waals surface area contributed by atoms with Gasteiger partial charge in [-0.15, -0.1) is 0 Å². The molecule has 1 saturated carbocycles. The van der Waals surface area contributed by atoms with Gasteiger partial charge in [-0.3, -0.25) is 9.48 Å². The molecular weight excluding hydrogens is 338 g/mol. The maximum Gasteiger partial charge on any atom is 0.226 e. The Morgan fingerprint density at radius 2 is 2.04 bits per heavy atom. The van der Waals surface area contributed by atoms with E-state index in [4.69, 9.17) is 9.84 Å². The average Bonchev–Trinajstić information content (AvgIpc) is 3.10. The van der Waals surface area contributed by atoms with Crippen LogP contribution in [0.15, 0.2) is 36.5 Å². The van der Waals surface area contributed by atoms with E-state index >= 15 is 0 Å². The van der Waals surface area contributed by atoms with E-state index in [0.29, 0.717) is 13.2 Å². The molecule has 1 atom stereocenters. The number of nitrogens with one attached hydrogen (secondary N) is 1. The lowest BCUT2D eigenvalue weighted by atomic mass is 9.75. The Morgan fingerprint density at radius 1 is 1.26 bits per heavy atom. The monoisotopic (exact) mass is 367 g/mol. The van der Waals surface area contributed by atoms with Gasteiger partial charge in [0.2, 0.25) is 5.91 Å².